The number of aromatic nitrogens is 1. The van der Waals surface area contributed by atoms with Crippen molar-refractivity contribution >= 4 is 31.9 Å². The Morgan fingerprint density at radius 1 is 1.17 bits per heavy atom. The van der Waals surface area contributed by atoms with Gasteiger partial charge in [-0.3, -0.25) is 9.88 Å². The standard InChI is InChI=1S/C19H21Br2N3/c1-12-2-4-16-15(17(12)21)5-3-13-10-14(20)11-23-18(13)19(16)24-8-6-22-7-9-24/h2,4,10-11,19,22H,3,5-9H2,1H3. The van der Waals surface area contributed by atoms with Gasteiger partial charge in [-0.15, -0.1) is 0 Å². The molecule has 0 bridgehead atoms. The van der Waals surface area contributed by atoms with Crippen LogP contribution in [-0.4, -0.2) is 36.1 Å². The molecule has 0 spiro atoms. The number of pyridine rings is 1. The van der Waals surface area contributed by atoms with E-state index in [2.05, 4.69) is 67.2 Å². The van der Waals surface area contributed by atoms with E-state index in [9.17, 15) is 0 Å². The Kier molecular flexibility index (Phi) is 4.78. The van der Waals surface area contributed by atoms with Gasteiger partial charge in [0.15, 0.2) is 0 Å². The fourth-order valence-electron chi connectivity index (χ4n) is 3.92. The molecule has 2 heterocycles. The first-order valence-corrected chi connectivity index (χ1v) is 10.1. The maximum atomic E-state index is 4.86. The van der Waals surface area contributed by atoms with Gasteiger partial charge in [-0.25, -0.2) is 0 Å². The predicted octanol–water partition coefficient (Wildman–Crippen LogP) is 4.01. The van der Waals surface area contributed by atoms with E-state index in [1.54, 1.807) is 0 Å². The van der Waals surface area contributed by atoms with Gasteiger partial charge in [-0.05, 0) is 64.0 Å². The molecule has 24 heavy (non-hydrogen) atoms. The maximum Gasteiger partial charge on any atom is 0.0783 e. The molecule has 1 aliphatic heterocycles. The quantitative estimate of drug-likeness (QED) is 0.711. The Morgan fingerprint density at radius 2 is 1.96 bits per heavy atom. The summed E-state index contributed by atoms with van der Waals surface area (Å²) in [6.07, 6.45) is 4.05. The summed E-state index contributed by atoms with van der Waals surface area (Å²) in [6, 6.07) is 7.07. The van der Waals surface area contributed by atoms with E-state index in [1.165, 1.54) is 32.4 Å². The molecule has 0 amide bonds. The number of benzene rings is 1. The topological polar surface area (TPSA) is 28.2 Å². The van der Waals surface area contributed by atoms with Crippen LogP contribution in [-0.2, 0) is 12.8 Å². The van der Waals surface area contributed by atoms with Crippen LogP contribution in [0.1, 0.15) is 34.0 Å². The molecule has 4 rings (SSSR count). The lowest BCUT2D eigenvalue weighted by Gasteiger charge is -2.36. The normalized spacial score (nSPS) is 21.0. The molecule has 1 fully saturated rings. The molecule has 1 N–H and O–H groups in total. The van der Waals surface area contributed by atoms with E-state index >= 15 is 0 Å². The molecular weight excluding hydrogens is 430 g/mol. The van der Waals surface area contributed by atoms with Crippen molar-refractivity contribution in [1.29, 1.82) is 0 Å². The third-order valence-corrected chi connectivity index (χ3v) is 6.69. The van der Waals surface area contributed by atoms with Crippen molar-refractivity contribution < 1.29 is 0 Å². The van der Waals surface area contributed by atoms with Gasteiger partial charge in [0.1, 0.15) is 0 Å². The van der Waals surface area contributed by atoms with Crippen molar-refractivity contribution in [3.63, 3.8) is 0 Å². The van der Waals surface area contributed by atoms with Gasteiger partial charge in [0, 0.05) is 41.3 Å². The fourth-order valence-corrected chi connectivity index (χ4v) is 4.86. The summed E-state index contributed by atoms with van der Waals surface area (Å²) in [7, 11) is 0. The van der Waals surface area contributed by atoms with Crippen LogP contribution in [0.2, 0.25) is 0 Å². The molecule has 0 saturated carbocycles. The molecule has 3 nitrogen and oxygen atoms in total. The van der Waals surface area contributed by atoms with E-state index in [4.69, 9.17) is 4.98 Å². The highest BCUT2D eigenvalue weighted by Crippen LogP contribution is 2.40. The van der Waals surface area contributed by atoms with E-state index in [1.807, 2.05) is 6.20 Å². The van der Waals surface area contributed by atoms with Crippen molar-refractivity contribution in [2.24, 2.45) is 0 Å². The number of fused-ring (bicyclic) bond motifs is 2. The number of aryl methyl sites for hydroxylation is 2. The SMILES string of the molecule is Cc1ccc2c(c1Br)CCc1cc(Br)cnc1C2N1CCNCC1. The van der Waals surface area contributed by atoms with Crippen LogP contribution in [0.25, 0.3) is 0 Å². The Hall–Kier alpha value is -0.750. The lowest BCUT2D eigenvalue weighted by atomic mass is 9.95. The molecule has 5 heteroatoms. The zero-order valence-corrected chi connectivity index (χ0v) is 17.0. The molecule has 2 aromatic rings. The smallest absolute Gasteiger partial charge is 0.0783 e. The van der Waals surface area contributed by atoms with Crippen LogP contribution >= 0.6 is 31.9 Å². The highest BCUT2D eigenvalue weighted by molar-refractivity contribution is 9.10. The first-order valence-electron chi connectivity index (χ1n) is 8.52. The van der Waals surface area contributed by atoms with E-state index in [0.29, 0.717) is 0 Å². The average Bonchev–Trinajstić information content (AvgIpc) is 2.76. The number of piperazine rings is 1. The summed E-state index contributed by atoms with van der Waals surface area (Å²) < 4.78 is 2.34. The molecule has 1 atom stereocenters. The van der Waals surface area contributed by atoms with Crippen LogP contribution < -0.4 is 5.32 Å². The van der Waals surface area contributed by atoms with Gasteiger partial charge < -0.3 is 5.32 Å². The van der Waals surface area contributed by atoms with Crippen LogP contribution in [0.5, 0.6) is 0 Å². The second kappa shape index (κ2) is 6.87. The molecule has 1 unspecified atom stereocenters. The number of nitrogens with zero attached hydrogens (tertiary/aromatic N) is 2. The number of hydrogen-bond acceptors (Lipinski definition) is 3. The van der Waals surface area contributed by atoms with E-state index in [-0.39, 0.29) is 6.04 Å². The second-order valence-corrected chi connectivity index (χ2v) is 8.36. The maximum absolute atomic E-state index is 4.86. The summed E-state index contributed by atoms with van der Waals surface area (Å²) in [4.78, 5) is 7.45. The molecule has 126 valence electrons. The van der Waals surface area contributed by atoms with Gasteiger partial charge in [-0.1, -0.05) is 28.1 Å². The summed E-state index contributed by atoms with van der Waals surface area (Å²) in [5, 5.41) is 3.47. The molecule has 1 aromatic carbocycles. The highest BCUT2D eigenvalue weighted by atomic mass is 79.9. The zero-order chi connectivity index (χ0) is 16.7. The minimum atomic E-state index is 0.254. The molecule has 1 aliphatic carbocycles. The van der Waals surface area contributed by atoms with Crippen LogP contribution in [0, 0.1) is 6.92 Å². The predicted molar refractivity (Wildman–Crippen MR) is 105 cm³/mol. The minimum Gasteiger partial charge on any atom is -0.314 e. The zero-order valence-electron chi connectivity index (χ0n) is 13.8. The highest BCUT2D eigenvalue weighted by Gasteiger charge is 2.31. The van der Waals surface area contributed by atoms with Crippen LogP contribution in [0.4, 0.5) is 0 Å². The van der Waals surface area contributed by atoms with Gasteiger partial charge in [-0.2, -0.15) is 0 Å². The second-order valence-electron chi connectivity index (χ2n) is 6.65. The summed E-state index contributed by atoms with van der Waals surface area (Å²) >= 11 is 7.45. The summed E-state index contributed by atoms with van der Waals surface area (Å²) in [6.45, 7) is 6.39. The summed E-state index contributed by atoms with van der Waals surface area (Å²) in [5.74, 6) is 0. The van der Waals surface area contributed by atoms with E-state index in [0.717, 1.165) is 43.5 Å². The number of halogens is 2. The van der Waals surface area contributed by atoms with Crippen LogP contribution in [0.3, 0.4) is 0 Å². The monoisotopic (exact) mass is 449 g/mol. The van der Waals surface area contributed by atoms with Crippen molar-refractivity contribution in [2.45, 2.75) is 25.8 Å². The third kappa shape index (κ3) is 2.96. The minimum absolute atomic E-state index is 0.254. The number of rotatable bonds is 1. The van der Waals surface area contributed by atoms with Crippen molar-refractivity contribution in [3.8, 4) is 0 Å². The molecular formula is C19H21Br2N3. The van der Waals surface area contributed by atoms with Crippen LogP contribution in [0.15, 0.2) is 33.3 Å². The van der Waals surface area contributed by atoms with Crippen molar-refractivity contribution in [1.82, 2.24) is 15.2 Å². The third-order valence-electron chi connectivity index (χ3n) is 5.16. The fraction of sp³-hybridized carbons (Fsp3) is 0.421. The Balaban J connectivity index is 1.90. The molecule has 2 aliphatic rings. The first kappa shape index (κ1) is 16.7. The van der Waals surface area contributed by atoms with Gasteiger partial charge in [0.2, 0.25) is 0 Å². The van der Waals surface area contributed by atoms with Gasteiger partial charge in [0.25, 0.3) is 0 Å². The van der Waals surface area contributed by atoms with Gasteiger partial charge in [0.05, 0.1) is 11.7 Å². The number of hydrogen-bond donors (Lipinski definition) is 1. The Bertz CT molecular complexity index is 769. The molecule has 0 radical (unpaired) electrons. The van der Waals surface area contributed by atoms with Crippen molar-refractivity contribution in [2.75, 3.05) is 26.2 Å². The Labute approximate surface area is 160 Å². The number of nitrogens with one attached hydrogen (secondary N) is 1. The Morgan fingerprint density at radius 3 is 2.75 bits per heavy atom. The van der Waals surface area contributed by atoms with E-state index < -0.39 is 0 Å². The lowest BCUT2D eigenvalue weighted by Crippen LogP contribution is -2.45. The largest absolute Gasteiger partial charge is 0.314 e. The first-order chi connectivity index (χ1) is 11.6. The molecule has 1 saturated heterocycles. The average molecular weight is 451 g/mol. The summed E-state index contributed by atoms with van der Waals surface area (Å²) in [5.41, 5.74) is 6.78. The molecule has 1 aromatic heterocycles. The van der Waals surface area contributed by atoms with Crippen molar-refractivity contribution in [3.05, 3.63) is 61.3 Å². The lowest BCUT2D eigenvalue weighted by molar-refractivity contribution is 0.195. The van der Waals surface area contributed by atoms with Gasteiger partial charge >= 0.3 is 0 Å².